The molecule has 0 aromatic heterocycles. The molecule has 0 bridgehead atoms. The normalized spacial score (nSPS) is 31.6. The van der Waals surface area contributed by atoms with Crippen LogP contribution in [-0.2, 0) is 18.9 Å². The molecule has 0 saturated carbocycles. The van der Waals surface area contributed by atoms with Crippen molar-refractivity contribution in [2.45, 2.75) is 70.4 Å². The Morgan fingerprint density at radius 3 is 1.53 bits per heavy atom. The van der Waals surface area contributed by atoms with Gasteiger partial charge in [-0.1, -0.05) is 13.8 Å². The van der Waals surface area contributed by atoms with Crippen LogP contribution >= 0.6 is 0 Å². The fourth-order valence-corrected chi connectivity index (χ4v) is 2.26. The molecular formula is C15H28O4. The Morgan fingerprint density at radius 1 is 0.895 bits per heavy atom. The van der Waals surface area contributed by atoms with E-state index in [0.717, 1.165) is 32.5 Å². The van der Waals surface area contributed by atoms with Crippen molar-refractivity contribution in [3.05, 3.63) is 0 Å². The first-order valence-corrected chi connectivity index (χ1v) is 7.50. The van der Waals surface area contributed by atoms with Crippen LogP contribution in [-0.4, -0.2) is 49.8 Å². The van der Waals surface area contributed by atoms with Crippen molar-refractivity contribution >= 4 is 0 Å². The first kappa shape index (κ1) is 15.2. The average molecular weight is 272 g/mol. The smallest absolute Gasteiger partial charge is 0.104 e. The predicted molar refractivity (Wildman–Crippen MR) is 73.4 cm³/mol. The fraction of sp³-hybridized carbons (Fsp3) is 1.00. The highest BCUT2D eigenvalue weighted by Gasteiger charge is 2.38. The summed E-state index contributed by atoms with van der Waals surface area (Å²) in [4.78, 5) is 0. The van der Waals surface area contributed by atoms with Gasteiger partial charge in [-0.2, -0.15) is 0 Å². The molecule has 0 spiro atoms. The van der Waals surface area contributed by atoms with Crippen molar-refractivity contribution in [3.63, 3.8) is 0 Å². The molecule has 4 unspecified atom stereocenters. The molecule has 2 rings (SSSR count). The second kappa shape index (κ2) is 6.08. The molecule has 0 N–H and O–H groups in total. The summed E-state index contributed by atoms with van der Waals surface area (Å²) in [6.45, 7) is 11.8. The Kier molecular flexibility index (Phi) is 4.88. The molecule has 2 fully saturated rings. The van der Waals surface area contributed by atoms with E-state index < -0.39 is 0 Å². The van der Waals surface area contributed by atoms with Crippen LogP contribution in [0.5, 0.6) is 0 Å². The lowest BCUT2D eigenvalue weighted by Crippen LogP contribution is -2.42. The van der Waals surface area contributed by atoms with Crippen LogP contribution in [0.25, 0.3) is 0 Å². The highest BCUT2D eigenvalue weighted by Crippen LogP contribution is 2.33. The van der Waals surface area contributed by atoms with Gasteiger partial charge in [-0.3, -0.25) is 0 Å². The van der Waals surface area contributed by atoms with Gasteiger partial charge in [0, 0.05) is 6.42 Å². The molecular weight excluding hydrogens is 244 g/mol. The summed E-state index contributed by atoms with van der Waals surface area (Å²) in [6, 6.07) is 0. The fourth-order valence-electron chi connectivity index (χ4n) is 2.26. The van der Waals surface area contributed by atoms with E-state index in [4.69, 9.17) is 18.9 Å². The van der Waals surface area contributed by atoms with Gasteiger partial charge in [0.25, 0.3) is 0 Å². The summed E-state index contributed by atoms with van der Waals surface area (Å²) in [6.07, 6.45) is 3.52. The van der Waals surface area contributed by atoms with E-state index in [1.165, 1.54) is 0 Å². The van der Waals surface area contributed by atoms with Crippen molar-refractivity contribution in [1.82, 2.24) is 0 Å². The van der Waals surface area contributed by atoms with Crippen LogP contribution in [0.15, 0.2) is 0 Å². The summed E-state index contributed by atoms with van der Waals surface area (Å²) in [7, 11) is 0. The Bertz CT molecular complexity index is 260. The first-order chi connectivity index (χ1) is 8.99. The summed E-state index contributed by atoms with van der Waals surface area (Å²) >= 11 is 0. The molecule has 2 aliphatic rings. The van der Waals surface area contributed by atoms with Gasteiger partial charge < -0.3 is 18.9 Å². The largest absolute Gasteiger partial charge is 0.372 e. The SMILES string of the molecule is CCC(C)(CC(C)(CC)OCC1CO1)OCC1CO1. The number of ether oxygens (including phenoxy) is 4. The third-order valence-electron chi connectivity index (χ3n) is 4.28. The van der Waals surface area contributed by atoms with Crippen LogP contribution in [0.1, 0.15) is 47.0 Å². The Balaban J connectivity index is 1.83. The summed E-state index contributed by atoms with van der Waals surface area (Å²) in [5, 5.41) is 0. The maximum Gasteiger partial charge on any atom is 0.104 e. The van der Waals surface area contributed by atoms with Gasteiger partial charge in [0.1, 0.15) is 12.2 Å². The minimum Gasteiger partial charge on any atom is -0.372 e. The van der Waals surface area contributed by atoms with Crippen molar-refractivity contribution in [2.75, 3.05) is 26.4 Å². The number of rotatable bonds is 10. The van der Waals surface area contributed by atoms with Gasteiger partial charge >= 0.3 is 0 Å². The first-order valence-electron chi connectivity index (χ1n) is 7.50. The third kappa shape index (κ3) is 5.03. The van der Waals surface area contributed by atoms with Gasteiger partial charge in [0.2, 0.25) is 0 Å². The summed E-state index contributed by atoms with van der Waals surface area (Å²) in [5.41, 5.74) is -0.276. The molecule has 2 saturated heterocycles. The van der Waals surface area contributed by atoms with Gasteiger partial charge in [0.05, 0.1) is 37.6 Å². The summed E-state index contributed by atoms with van der Waals surface area (Å²) < 4.78 is 22.6. The molecule has 0 aromatic carbocycles. The third-order valence-corrected chi connectivity index (χ3v) is 4.28. The molecule has 4 atom stereocenters. The lowest BCUT2D eigenvalue weighted by atomic mass is 9.85. The van der Waals surface area contributed by atoms with Gasteiger partial charge in [-0.15, -0.1) is 0 Å². The second-order valence-corrected chi connectivity index (χ2v) is 6.32. The molecule has 4 nitrogen and oxygen atoms in total. The maximum atomic E-state index is 6.09. The van der Waals surface area contributed by atoms with Gasteiger partial charge in [0.15, 0.2) is 0 Å². The number of hydrogen-bond donors (Lipinski definition) is 0. The average Bonchev–Trinajstić information content (AvgIpc) is 3.28. The van der Waals surface area contributed by atoms with Crippen LogP contribution in [0, 0.1) is 0 Å². The predicted octanol–water partition coefficient (Wildman–Crippen LogP) is 2.54. The molecule has 2 heterocycles. The second-order valence-electron chi connectivity index (χ2n) is 6.32. The highest BCUT2D eigenvalue weighted by molar-refractivity contribution is 4.87. The molecule has 2 aliphatic heterocycles. The Labute approximate surface area is 116 Å². The Morgan fingerprint density at radius 2 is 1.26 bits per heavy atom. The maximum absolute atomic E-state index is 6.09. The van der Waals surface area contributed by atoms with Crippen molar-refractivity contribution in [1.29, 1.82) is 0 Å². The minimum atomic E-state index is -0.138. The van der Waals surface area contributed by atoms with Crippen molar-refractivity contribution in [3.8, 4) is 0 Å². The zero-order chi connectivity index (χ0) is 13.9. The van der Waals surface area contributed by atoms with E-state index in [2.05, 4.69) is 27.7 Å². The zero-order valence-electron chi connectivity index (χ0n) is 12.7. The molecule has 112 valence electrons. The summed E-state index contributed by atoms with van der Waals surface area (Å²) in [5.74, 6) is 0. The van der Waals surface area contributed by atoms with E-state index in [1.54, 1.807) is 0 Å². The van der Waals surface area contributed by atoms with Crippen molar-refractivity contribution in [2.24, 2.45) is 0 Å². The lowest BCUT2D eigenvalue weighted by molar-refractivity contribution is -0.123. The quantitative estimate of drug-likeness (QED) is 0.573. The van der Waals surface area contributed by atoms with Crippen LogP contribution in [0.3, 0.4) is 0 Å². The topological polar surface area (TPSA) is 43.5 Å². The van der Waals surface area contributed by atoms with Crippen LogP contribution in [0.4, 0.5) is 0 Å². The molecule has 4 heteroatoms. The standard InChI is InChI=1S/C15H28O4/c1-5-14(3,18-9-12-7-16-12)11-15(4,6-2)19-10-13-8-17-13/h12-13H,5-11H2,1-4H3. The van der Waals surface area contributed by atoms with Gasteiger partial charge in [-0.25, -0.2) is 0 Å². The van der Waals surface area contributed by atoms with E-state index in [1.807, 2.05) is 0 Å². The lowest BCUT2D eigenvalue weighted by Gasteiger charge is -2.38. The Hall–Kier alpha value is -0.160. The van der Waals surface area contributed by atoms with E-state index in [-0.39, 0.29) is 11.2 Å². The van der Waals surface area contributed by atoms with Gasteiger partial charge in [-0.05, 0) is 26.7 Å². The molecule has 0 amide bonds. The molecule has 19 heavy (non-hydrogen) atoms. The molecule has 0 radical (unpaired) electrons. The molecule has 0 aromatic rings. The zero-order valence-corrected chi connectivity index (χ0v) is 12.7. The van der Waals surface area contributed by atoms with E-state index in [0.29, 0.717) is 25.4 Å². The van der Waals surface area contributed by atoms with Crippen molar-refractivity contribution < 1.29 is 18.9 Å². The number of epoxide rings is 2. The van der Waals surface area contributed by atoms with E-state index in [9.17, 15) is 0 Å². The monoisotopic (exact) mass is 272 g/mol. The number of hydrogen-bond acceptors (Lipinski definition) is 4. The van der Waals surface area contributed by atoms with Crippen LogP contribution < -0.4 is 0 Å². The molecule has 0 aliphatic carbocycles. The van der Waals surface area contributed by atoms with Crippen LogP contribution in [0.2, 0.25) is 0 Å². The minimum absolute atomic E-state index is 0.138. The van der Waals surface area contributed by atoms with E-state index >= 15 is 0 Å². The highest BCUT2D eigenvalue weighted by atomic mass is 16.6.